The van der Waals surface area contributed by atoms with Gasteiger partial charge in [0.1, 0.15) is 5.82 Å². The van der Waals surface area contributed by atoms with Gasteiger partial charge in [0.15, 0.2) is 0 Å². The molecule has 1 aliphatic rings. The third kappa shape index (κ3) is 2.05. The van der Waals surface area contributed by atoms with E-state index in [2.05, 4.69) is 29.7 Å². The normalized spacial score (nSPS) is 21.2. The van der Waals surface area contributed by atoms with Crippen LogP contribution in [0.5, 0.6) is 0 Å². The molecule has 0 radical (unpaired) electrons. The molecule has 3 heteroatoms. The highest BCUT2D eigenvalue weighted by molar-refractivity contribution is 5.73. The largest absolute Gasteiger partial charge is 0.381 e. The van der Waals surface area contributed by atoms with Gasteiger partial charge in [-0.05, 0) is 37.1 Å². The Balaban J connectivity index is 2.00. The molecule has 2 aromatic carbocycles. The summed E-state index contributed by atoms with van der Waals surface area (Å²) in [5.74, 6) is -0.170. The molecule has 98 valence electrons. The number of aryl methyl sites for hydroxylation is 1. The molecule has 1 atom stereocenters. The van der Waals surface area contributed by atoms with Gasteiger partial charge in [-0.15, -0.1) is 0 Å². The fourth-order valence-corrected chi connectivity index (χ4v) is 2.52. The highest BCUT2D eigenvalue weighted by Crippen LogP contribution is 2.36. The van der Waals surface area contributed by atoms with E-state index in [1.807, 2.05) is 24.3 Å². The van der Waals surface area contributed by atoms with Gasteiger partial charge in [0.25, 0.3) is 0 Å². The Labute approximate surface area is 112 Å². The average Bonchev–Trinajstić information content (AvgIpc) is 2.42. The Bertz CT molecular complexity index is 610. The van der Waals surface area contributed by atoms with Crippen LogP contribution in [0.15, 0.2) is 42.5 Å². The summed E-state index contributed by atoms with van der Waals surface area (Å²) in [7, 11) is 0. The van der Waals surface area contributed by atoms with Crippen molar-refractivity contribution in [2.75, 3.05) is 17.2 Å². The maximum Gasteiger partial charge on any atom is 0.128 e. The van der Waals surface area contributed by atoms with Crippen molar-refractivity contribution in [3.63, 3.8) is 0 Å². The van der Waals surface area contributed by atoms with Gasteiger partial charge in [0.05, 0.1) is 16.9 Å². The van der Waals surface area contributed by atoms with Crippen molar-refractivity contribution in [2.24, 2.45) is 0 Å². The first-order valence-corrected chi connectivity index (χ1v) is 6.46. The summed E-state index contributed by atoms with van der Waals surface area (Å²) < 4.78 is 13.6. The van der Waals surface area contributed by atoms with Gasteiger partial charge in [0, 0.05) is 6.54 Å². The highest BCUT2D eigenvalue weighted by atomic mass is 19.1. The van der Waals surface area contributed by atoms with Gasteiger partial charge in [0.2, 0.25) is 0 Å². The number of benzene rings is 2. The first kappa shape index (κ1) is 12.0. The summed E-state index contributed by atoms with van der Waals surface area (Å²) in [6, 6.07) is 13.7. The Kier molecular flexibility index (Phi) is 2.70. The highest BCUT2D eigenvalue weighted by Gasteiger charge is 2.31. The molecule has 0 amide bonds. The smallest absolute Gasteiger partial charge is 0.128 e. The molecular weight excluding hydrogens is 239 g/mol. The molecule has 1 aliphatic heterocycles. The monoisotopic (exact) mass is 256 g/mol. The lowest BCUT2D eigenvalue weighted by Crippen LogP contribution is -2.42. The van der Waals surface area contributed by atoms with Gasteiger partial charge in [-0.3, -0.25) is 0 Å². The summed E-state index contributed by atoms with van der Waals surface area (Å²) >= 11 is 0. The Morgan fingerprint density at radius 1 is 1.11 bits per heavy atom. The second-order valence-electron chi connectivity index (χ2n) is 5.32. The maximum atomic E-state index is 13.6. The van der Waals surface area contributed by atoms with Crippen LogP contribution in [0, 0.1) is 12.7 Å². The molecule has 3 rings (SSSR count). The van der Waals surface area contributed by atoms with E-state index >= 15 is 0 Å². The molecule has 2 aromatic rings. The van der Waals surface area contributed by atoms with E-state index in [-0.39, 0.29) is 11.4 Å². The Morgan fingerprint density at radius 3 is 2.58 bits per heavy atom. The summed E-state index contributed by atoms with van der Waals surface area (Å²) in [6.07, 6.45) is 0. The number of rotatable bonds is 1. The number of fused-ring (bicyclic) bond motifs is 1. The lowest BCUT2D eigenvalue weighted by Gasteiger charge is -2.38. The minimum Gasteiger partial charge on any atom is -0.381 e. The molecule has 1 unspecified atom stereocenters. The van der Waals surface area contributed by atoms with Crippen molar-refractivity contribution in [3.8, 4) is 0 Å². The first-order valence-electron chi connectivity index (χ1n) is 6.46. The number of anilines is 2. The summed E-state index contributed by atoms with van der Waals surface area (Å²) in [4.78, 5) is 0. The molecule has 0 bridgehead atoms. The van der Waals surface area contributed by atoms with Crippen LogP contribution in [-0.2, 0) is 5.54 Å². The maximum absolute atomic E-state index is 13.6. The van der Waals surface area contributed by atoms with Crippen LogP contribution >= 0.6 is 0 Å². The predicted molar refractivity (Wildman–Crippen MR) is 77.0 cm³/mol. The lowest BCUT2D eigenvalue weighted by atomic mass is 9.89. The predicted octanol–water partition coefficient (Wildman–Crippen LogP) is 3.89. The van der Waals surface area contributed by atoms with Crippen molar-refractivity contribution < 1.29 is 4.39 Å². The van der Waals surface area contributed by atoms with Gasteiger partial charge in [-0.2, -0.15) is 0 Å². The van der Waals surface area contributed by atoms with Gasteiger partial charge >= 0.3 is 0 Å². The topological polar surface area (TPSA) is 24.1 Å². The standard InChI is InChI=1S/C16H17FN2/c1-11-8-15-14(9-13(11)17)18-10-16(2,19-15)12-6-4-3-5-7-12/h3-9,18-19H,10H2,1-2H3. The lowest BCUT2D eigenvalue weighted by molar-refractivity contribution is 0.562. The van der Waals surface area contributed by atoms with Crippen LogP contribution in [0.2, 0.25) is 0 Å². The molecule has 1 heterocycles. The van der Waals surface area contributed by atoms with Gasteiger partial charge in [-0.25, -0.2) is 4.39 Å². The van der Waals surface area contributed by atoms with Crippen LogP contribution in [0.3, 0.4) is 0 Å². The van der Waals surface area contributed by atoms with E-state index in [1.54, 1.807) is 13.0 Å². The zero-order valence-electron chi connectivity index (χ0n) is 11.1. The summed E-state index contributed by atoms with van der Waals surface area (Å²) in [5.41, 5.74) is 3.48. The van der Waals surface area contributed by atoms with E-state index in [4.69, 9.17) is 0 Å². The minimum absolute atomic E-state index is 0.170. The second kappa shape index (κ2) is 4.26. The van der Waals surface area contributed by atoms with E-state index < -0.39 is 0 Å². The summed E-state index contributed by atoms with van der Waals surface area (Å²) in [6.45, 7) is 4.66. The van der Waals surface area contributed by atoms with E-state index in [0.717, 1.165) is 17.9 Å². The Hall–Kier alpha value is -2.03. The molecule has 0 saturated heterocycles. The van der Waals surface area contributed by atoms with E-state index in [9.17, 15) is 4.39 Å². The van der Waals surface area contributed by atoms with Gasteiger partial charge < -0.3 is 10.6 Å². The van der Waals surface area contributed by atoms with Crippen molar-refractivity contribution in [1.82, 2.24) is 0 Å². The molecule has 19 heavy (non-hydrogen) atoms. The van der Waals surface area contributed by atoms with Crippen LogP contribution in [0.1, 0.15) is 18.1 Å². The molecule has 0 fully saturated rings. The van der Waals surface area contributed by atoms with Gasteiger partial charge in [-0.1, -0.05) is 30.3 Å². The SMILES string of the molecule is Cc1cc2c(cc1F)NCC(C)(c1ccccc1)N2. The molecule has 0 spiro atoms. The summed E-state index contributed by atoms with van der Waals surface area (Å²) in [5, 5.41) is 6.85. The van der Waals surface area contributed by atoms with Crippen LogP contribution in [0.4, 0.5) is 15.8 Å². The van der Waals surface area contributed by atoms with Crippen LogP contribution < -0.4 is 10.6 Å². The molecule has 0 saturated carbocycles. The zero-order chi connectivity index (χ0) is 13.5. The second-order valence-corrected chi connectivity index (χ2v) is 5.32. The van der Waals surface area contributed by atoms with E-state index in [1.165, 1.54) is 5.56 Å². The number of halogens is 1. The van der Waals surface area contributed by atoms with Crippen LogP contribution in [-0.4, -0.2) is 6.54 Å². The minimum atomic E-state index is -0.182. The fourth-order valence-electron chi connectivity index (χ4n) is 2.52. The molecular formula is C16H17FN2. The quantitative estimate of drug-likeness (QED) is 0.809. The van der Waals surface area contributed by atoms with E-state index in [0.29, 0.717) is 5.56 Å². The fraction of sp³-hybridized carbons (Fsp3) is 0.250. The van der Waals surface area contributed by atoms with Crippen LogP contribution in [0.25, 0.3) is 0 Å². The molecule has 0 aromatic heterocycles. The van der Waals surface area contributed by atoms with Crippen molar-refractivity contribution in [1.29, 1.82) is 0 Å². The number of nitrogens with one attached hydrogen (secondary N) is 2. The number of hydrogen-bond acceptors (Lipinski definition) is 2. The number of hydrogen-bond donors (Lipinski definition) is 2. The third-order valence-corrected chi connectivity index (χ3v) is 3.75. The van der Waals surface area contributed by atoms with Crippen molar-refractivity contribution >= 4 is 11.4 Å². The molecule has 0 aliphatic carbocycles. The average molecular weight is 256 g/mol. The Morgan fingerprint density at radius 2 is 1.84 bits per heavy atom. The first-order chi connectivity index (χ1) is 9.08. The molecule has 2 N–H and O–H groups in total. The van der Waals surface area contributed by atoms with Crippen molar-refractivity contribution in [3.05, 3.63) is 59.4 Å². The molecule has 2 nitrogen and oxygen atoms in total. The zero-order valence-corrected chi connectivity index (χ0v) is 11.1. The van der Waals surface area contributed by atoms with Crippen molar-refractivity contribution in [2.45, 2.75) is 19.4 Å². The third-order valence-electron chi connectivity index (χ3n) is 3.75.